The van der Waals surface area contributed by atoms with Crippen LogP contribution in [0.5, 0.6) is 0 Å². The predicted octanol–water partition coefficient (Wildman–Crippen LogP) is 2.94. The molecule has 0 aliphatic carbocycles. The van der Waals surface area contributed by atoms with Crippen LogP contribution in [0.15, 0.2) is 18.2 Å². The minimum atomic E-state index is 0.126. The minimum absolute atomic E-state index is 0.126. The van der Waals surface area contributed by atoms with E-state index in [1.54, 1.807) is 0 Å². The Hall–Kier alpha value is -0.900. The monoisotopic (exact) mass is 289 g/mol. The van der Waals surface area contributed by atoms with Crippen LogP contribution in [0.1, 0.15) is 49.8 Å². The highest BCUT2D eigenvalue weighted by Crippen LogP contribution is 2.30. The molecule has 2 unspecified atom stereocenters. The van der Waals surface area contributed by atoms with Gasteiger partial charge in [0.1, 0.15) is 0 Å². The van der Waals surface area contributed by atoms with E-state index in [2.05, 4.69) is 56.2 Å². The summed E-state index contributed by atoms with van der Waals surface area (Å²) in [4.78, 5) is 2.63. The molecular formula is C18H31N3. The number of benzene rings is 1. The van der Waals surface area contributed by atoms with Crippen LogP contribution in [0.2, 0.25) is 0 Å². The Kier molecular flexibility index (Phi) is 5.42. The van der Waals surface area contributed by atoms with Gasteiger partial charge < -0.3 is 0 Å². The number of aryl methyl sites for hydroxylation is 2. The summed E-state index contributed by atoms with van der Waals surface area (Å²) < 4.78 is 0. The zero-order valence-corrected chi connectivity index (χ0v) is 14.1. The summed E-state index contributed by atoms with van der Waals surface area (Å²) in [5, 5.41) is 0. The molecule has 0 aromatic heterocycles. The Balaban J connectivity index is 2.22. The highest BCUT2D eigenvalue weighted by atomic mass is 15.3. The first-order valence-electron chi connectivity index (χ1n) is 8.28. The van der Waals surface area contributed by atoms with Crippen molar-refractivity contribution in [3.8, 4) is 0 Å². The normalized spacial score (nSPS) is 20.4. The quantitative estimate of drug-likeness (QED) is 0.625. The van der Waals surface area contributed by atoms with Gasteiger partial charge in [-0.3, -0.25) is 16.2 Å². The standard InChI is InChI=1S/C18H31N3/c1-5-18(4,21-10-6-7-11-21)17(20-19)13-16-12-14(2)8-9-15(16)3/h8-9,12,17,20H,5-7,10-11,13,19H2,1-4H3. The van der Waals surface area contributed by atoms with E-state index in [1.807, 2.05) is 0 Å². The Labute approximate surface area is 129 Å². The number of hydrogen-bond acceptors (Lipinski definition) is 3. The van der Waals surface area contributed by atoms with Gasteiger partial charge in [0.15, 0.2) is 0 Å². The maximum absolute atomic E-state index is 5.96. The van der Waals surface area contributed by atoms with Gasteiger partial charge in [-0.15, -0.1) is 0 Å². The van der Waals surface area contributed by atoms with Crippen molar-refractivity contribution < 1.29 is 0 Å². The summed E-state index contributed by atoms with van der Waals surface area (Å²) in [6.07, 6.45) is 4.74. The molecule has 1 aromatic carbocycles. The van der Waals surface area contributed by atoms with Crippen LogP contribution < -0.4 is 11.3 Å². The van der Waals surface area contributed by atoms with Gasteiger partial charge in [-0.1, -0.05) is 30.7 Å². The second-order valence-corrected chi connectivity index (χ2v) is 6.76. The molecule has 0 bridgehead atoms. The molecule has 0 radical (unpaired) electrons. The Morgan fingerprint density at radius 3 is 2.52 bits per heavy atom. The molecule has 0 amide bonds. The van der Waals surface area contributed by atoms with Gasteiger partial charge in [0.2, 0.25) is 0 Å². The maximum Gasteiger partial charge on any atom is 0.0432 e. The van der Waals surface area contributed by atoms with Crippen molar-refractivity contribution in [3.63, 3.8) is 0 Å². The fourth-order valence-electron chi connectivity index (χ4n) is 3.62. The van der Waals surface area contributed by atoms with Crippen LogP contribution >= 0.6 is 0 Å². The van der Waals surface area contributed by atoms with Gasteiger partial charge in [0.25, 0.3) is 0 Å². The number of rotatable bonds is 6. The third kappa shape index (κ3) is 3.47. The molecule has 1 fully saturated rings. The van der Waals surface area contributed by atoms with Crippen molar-refractivity contribution in [2.45, 2.75) is 65.0 Å². The summed E-state index contributed by atoms with van der Waals surface area (Å²) in [6, 6.07) is 6.99. The molecule has 3 heteroatoms. The van der Waals surface area contributed by atoms with Crippen LogP contribution in [-0.2, 0) is 6.42 Å². The summed E-state index contributed by atoms with van der Waals surface area (Å²) in [7, 11) is 0. The highest BCUT2D eigenvalue weighted by Gasteiger charge is 2.39. The first-order chi connectivity index (χ1) is 10.0. The van der Waals surface area contributed by atoms with E-state index < -0.39 is 0 Å². The highest BCUT2D eigenvalue weighted by molar-refractivity contribution is 5.31. The third-order valence-electron chi connectivity index (χ3n) is 5.42. The second-order valence-electron chi connectivity index (χ2n) is 6.76. The van der Waals surface area contributed by atoms with Gasteiger partial charge in [0, 0.05) is 11.6 Å². The van der Waals surface area contributed by atoms with Crippen LogP contribution in [-0.4, -0.2) is 29.6 Å². The predicted molar refractivity (Wildman–Crippen MR) is 90.2 cm³/mol. The summed E-state index contributed by atoms with van der Waals surface area (Å²) in [5.74, 6) is 5.96. The molecular weight excluding hydrogens is 258 g/mol. The molecule has 118 valence electrons. The molecule has 0 saturated carbocycles. The van der Waals surface area contributed by atoms with Gasteiger partial charge in [-0.25, -0.2) is 0 Å². The lowest BCUT2D eigenvalue weighted by Crippen LogP contribution is -2.61. The number of likely N-dealkylation sites (tertiary alicyclic amines) is 1. The molecule has 1 aromatic rings. The lowest BCUT2D eigenvalue weighted by atomic mass is 9.83. The summed E-state index contributed by atoms with van der Waals surface area (Å²) in [5.41, 5.74) is 7.35. The van der Waals surface area contributed by atoms with E-state index in [9.17, 15) is 0 Å². The van der Waals surface area contributed by atoms with Crippen LogP contribution in [0.4, 0.5) is 0 Å². The van der Waals surface area contributed by atoms with Gasteiger partial charge >= 0.3 is 0 Å². The number of nitrogens with zero attached hydrogens (tertiary/aromatic N) is 1. The van der Waals surface area contributed by atoms with E-state index >= 15 is 0 Å². The van der Waals surface area contributed by atoms with Crippen molar-refractivity contribution in [2.24, 2.45) is 5.84 Å². The smallest absolute Gasteiger partial charge is 0.0432 e. The molecule has 0 spiro atoms. The fraction of sp³-hybridized carbons (Fsp3) is 0.667. The maximum atomic E-state index is 5.96. The number of hydrazine groups is 1. The topological polar surface area (TPSA) is 41.3 Å². The zero-order valence-electron chi connectivity index (χ0n) is 14.1. The van der Waals surface area contributed by atoms with Crippen molar-refractivity contribution in [1.82, 2.24) is 10.3 Å². The number of nitrogens with one attached hydrogen (secondary N) is 1. The van der Waals surface area contributed by atoms with Crippen LogP contribution in [0.25, 0.3) is 0 Å². The lowest BCUT2D eigenvalue weighted by molar-refractivity contribution is 0.0840. The minimum Gasteiger partial charge on any atom is -0.296 e. The average molecular weight is 289 g/mol. The zero-order chi connectivity index (χ0) is 15.5. The first kappa shape index (κ1) is 16.5. The SMILES string of the molecule is CCC(C)(C(Cc1cc(C)ccc1C)NN)N1CCCC1. The largest absolute Gasteiger partial charge is 0.296 e. The van der Waals surface area contributed by atoms with Crippen molar-refractivity contribution in [1.29, 1.82) is 0 Å². The number of hydrogen-bond donors (Lipinski definition) is 2. The molecule has 2 atom stereocenters. The van der Waals surface area contributed by atoms with E-state index in [0.29, 0.717) is 0 Å². The first-order valence-corrected chi connectivity index (χ1v) is 8.28. The van der Waals surface area contributed by atoms with Crippen molar-refractivity contribution >= 4 is 0 Å². The third-order valence-corrected chi connectivity index (χ3v) is 5.42. The average Bonchev–Trinajstić information content (AvgIpc) is 3.02. The molecule has 1 aliphatic heterocycles. The lowest BCUT2D eigenvalue weighted by Gasteiger charge is -2.44. The van der Waals surface area contributed by atoms with E-state index in [-0.39, 0.29) is 11.6 Å². The van der Waals surface area contributed by atoms with Crippen molar-refractivity contribution in [2.75, 3.05) is 13.1 Å². The van der Waals surface area contributed by atoms with Crippen molar-refractivity contribution in [3.05, 3.63) is 34.9 Å². The van der Waals surface area contributed by atoms with E-state index in [1.165, 1.54) is 42.6 Å². The summed E-state index contributed by atoms with van der Waals surface area (Å²) in [6.45, 7) is 11.4. The molecule has 1 aliphatic rings. The van der Waals surface area contributed by atoms with E-state index in [0.717, 1.165) is 12.8 Å². The van der Waals surface area contributed by atoms with Gasteiger partial charge in [-0.2, -0.15) is 0 Å². The number of nitrogens with two attached hydrogens (primary N) is 1. The molecule has 1 heterocycles. The fourth-order valence-corrected chi connectivity index (χ4v) is 3.62. The Morgan fingerprint density at radius 2 is 1.95 bits per heavy atom. The van der Waals surface area contributed by atoms with Crippen LogP contribution in [0, 0.1) is 13.8 Å². The Bertz CT molecular complexity index is 466. The molecule has 2 rings (SSSR count). The molecule has 1 saturated heterocycles. The second kappa shape index (κ2) is 6.91. The van der Waals surface area contributed by atoms with Crippen LogP contribution in [0.3, 0.4) is 0 Å². The molecule has 21 heavy (non-hydrogen) atoms. The summed E-state index contributed by atoms with van der Waals surface area (Å²) >= 11 is 0. The molecule has 3 nitrogen and oxygen atoms in total. The molecule has 3 N–H and O–H groups in total. The Morgan fingerprint density at radius 1 is 1.29 bits per heavy atom. The van der Waals surface area contributed by atoms with E-state index in [4.69, 9.17) is 5.84 Å². The van der Waals surface area contributed by atoms with Gasteiger partial charge in [0.05, 0.1) is 0 Å². The van der Waals surface area contributed by atoms with Gasteiger partial charge in [-0.05, 0) is 70.7 Å².